The van der Waals surface area contributed by atoms with Crippen molar-refractivity contribution < 1.29 is 14.1 Å². The van der Waals surface area contributed by atoms with Gasteiger partial charge in [0, 0.05) is 19.3 Å². The van der Waals surface area contributed by atoms with E-state index in [1.807, 2.05) is 6.20 Å². The average molecular weight is 501 g/mol. The summed E-state index contributed by atoms with van der Waals surface area (Å²) in [5, 5.41) is 13.5. The van der Waals surface area contributed by atoms with Crippen LogP contribution in [0, 0.1) is 3.57 Å². The molecule has 3 aromatic rings. The van der Waals surface area contributed by atoms with E-state index in [1.165, 1.54) is 0 Å². The fourth-order valence-electron chi connectivity index (χ4n) is 2.15. The summed E-state index contributed by atoms with van der Waals surface area (Å²) in [5.41, 5.74) is 0.375. The van der Waals surface area contributed by atoms with E-state index < -0.39 is 5.91 Å². The van der Waals surface area contributed by atoms with E-state index in [1.54, 1.807) is 35.1 Å². The molecular weight excluding hydrogens is 487 g/mol. The van der Waals surface area contributed by atoms with Crippen molar-refractivity contribution in [1.82, 2.24) is 30.6 Å². The van der Waals surface area contributed by atoms with Gasteiger partial charge in [-0.1, -0.05) is 28.9 Å². The van der Waals surface area contributed by atoms with Crippen molar-refractivity contribution in [1.29, 1.82) is 0 Å². The van der Waals surface area contributed by atoms with Crippen molar-refractivity contribution in [3.05, 3.63) is 62.5 Å². The third kappa shape index (κ3) is 5.26. The van der Waals surface area contributed by atoms with Gasteiger partial charge < -0.3 is 15.2 Å². The number of amides is 2. The molecular formula is C16H14ClIN6O3. The lowest BCUT2D eigenvalue weighted by Gasteiger charge is -2.06. The number of rotatable bonds is 7. The summed E-state index contributed by atoms with van der Waals surface area (Å²) in [7, 11) is 0. The second-order valence-corrected chi connectivity index (χ2v) is 7.02. The Morgan fingerprint density at radius 3 is 2.63 bits per heavy atom. The van der Waals surface area contributed by atoms with Gasteiger partial charge in [-0.3, -0.25) is 14.3 Å². The standard InChI is InChI=1S/C16H14ClIN6O3/c17-12-4-2-1-3-11(12)14(25)19-5-6-20-15(26)16-22-13(23-27-16)9-24-8-10(18)7-21-24/h1-4,7-8H,5-6,9H2,(H,19,25)(H,20,26). The highest BCUT2D eigenvalue weighted by Crippen LogP contribution is 2.14. The van der Waals surface area contributed by atoms with Crippen molar-refractivity contribution in [2.75, 3.05) is 13.1 Å². The topological polar surface area (TPSA) is 115 Å². The van der Waals surface area contributed by atoms with E-state index in [0.29, 0.717) is 23.0 Å². The lowest BCUT2D eigenvalue weighted by atomic mass is 10.2. The van der Waals surface area contributed by atoms with Gasteiger partial charge in [0.05, 0.1) is 20.4 Å². The molecule has 0 saturated carbocycles. The highest BCUT2D eigenvalue weighted by Gasteiger charge is 2.15. The van der Waals surface area contributed by atoms with Gasteiger partial charge >= 0.3 is 11.8 Å². The normalized spacial score (nSPS) is 10.6. The maximum absolute atomic E-state index is 12.0. The predicted octanol–water partition coefficient (Wildman–Crippen LogP) is 1.73. The Bertz CT molecular complexity index is 957. The van der Waals surface area contributed by atoms with E-state index in [2.05, 4.69) is 48.5 Å². The zero-order valence-electron chi connectivity index (χ0n) is 13.9. The van der Waals surface area contributed by atoms with E-state index in [4.69, 9.17) is 16.1 Å². The fraction of sp³-hybridized carbons (Fsp3) is 0.188. The molecule has 0 bridgehead atoms. The monoisotopic (exact) mass is 500 g/mol. The van der Waals surface area contributed by atoms with Crippen LogP contribution in [-0.4, -0.2) is 44.8 Å². The van der Waals surface area contributed by atoms with Gasteiger partial charge in [0.25, 0.3) is 5.91 Å². The van der Waals surface area contributed by atoms with Gasteiger partial charge in [0.15, 0.2) is 5.82 Å². The van der Waals surface area contributed by atoms with Crippen LogP contribution in [0.3, 0.4) is 0 Å². The minimum atomic E-state index is -0.518. The number of nitrogens with one attached hydrogen (secondary N) is 2. The summed E-state index contributed by atoms with van der Waals surface area (Å²) in [6.07, 6.45) is 3.52. The summed E-state index contributed by atoms with van der Waals surface area (Å²) in [5.74, 6) is -0.643. The molecule has 0 unspecified atom stereocenters. The third-order valence-corrected chi connectivity index (χ3v) is 4.27. The van der Waals surface area contributed by atoms with Crippen LogP contribution < -0.4 is 10.6 Å². The smallest absolute Gasteiger partial charge is 0.316 e. The first-order valence-corrected chi connectivity index (χ1v) is 9.30. The molecule has 0 aliphatic rings. The molecule has 1 aromatic carbocycles. The Hall–Kier alpha value is -2.47. The maximum atomic E-state index is 12.0. The SMILES string of the molecule is O=C(NCCNC(=O)c1ccccc1Cl)c1nc(Cn2cc(I)cn2)no1. The first-order valence-electron chi connectivity index (χ1n) is 7.84. The molecule has 27 heavy (non-hydrogen) atoms. The number of benzene rings is 1. The molecule has 2 heterocycles. The summed E-state index contributed by atoms with van der Waals surface area (Å²) in [4.78, 5) is 28.0. The largest absolute Gasteiger partial charge is 0.350 e. The lowest BCUT2D eigenvalue weighted by Crippen LogP contribution is -2.34. The second kappa shape index (κ2) is 8.95. The molecule has 11 heteroatoms. The molecule has 0 aliphatic carbocycles. The number of carbonyl (C=O) groups excluding carboxylic acids is 2. The molecule has 3 rings (SSSR count). The molecule has 0 atom stereocenters. The summed E-state index contributed by atoms with van der Waals surface area (Å²) in [6.45, 7) is 0.722. The molecule has 0 fully saturated rings. The number of hydrogen-bond donors (Lipinski definition) is 2. The molecule has 9 nitrogen and oxygen atoms in total. The molecule has 0 saturated heterocycles. The predicted molar refractivity (Wildman–Crippen MR) is 104 cm³/mol. The minimum Gasteiger partial charge on any atom is -0.350 e. The van der Waals surface area contributed by atoms with Crippen LogP contribution in [0.4, 0.5) is 0 Å². The number of aromatic nitrogens is 4. The molecule has 0 aliphatic heterocycles. The summed E-state index contributed by atoms with van der Waals surface area (Å²) < 4.78 is 7.56. The first kappa shape index (κ1) is 19.3. The summed E-state index contributed by atoms with van der Waals surface area (Å²) in [6, 6.07) is 6.72. The Balaban J connectivity index is 1.44. The quantitative estimate of drug-likeness (QED) is 0.377. The lowest BCUT2D eigenvalue weighted by molar-refractivity contribution is 0.0898. The fourth-order valence-corrected chi connectivity index (χ4v) is 2.82. The molecule has 0 spiro atoms. The first-order chi connectivity index (χ1) is 13.0. The van der Waals surface area contributed by atoms with E-state index >= 15 is 0 Å². The molecule has 2 amide bonds. The van der Waals surface area contributed by atoms with Crippen molar-refractivity contribution in [3.8, 4) is 0 Å². The van der Waals surface area contributed by atoms with E-state index in [9.17, 15) is 9.59 Å². The van der Waals surface area contributed by atoms with E-state index in [0.717, 1.165) is 3.57 Å². The molecule has 2 N–H and O–H groups in total. The number of hydrogen-bond acceptors (Lipinski definition) is 6. The minimum absolute atomic E-state index is 0.149. The highest BCUT2D eigenvalue weighted by molar-refractivity contribution is 14.1. The van der Waals surface area contributed by atoms with Crippen molar-refractivity contribution in [2.45, 2.75) is 6.54 Å². The number of carbonyl (C=O) groups is 2. The van der Waals surface area contributed by atoms with Gasteiger partial charge in [0.2, 0.25) is 0 Å². The number of halogens is 2. The zero-order chi connectivity index (χ0) is 19.2. The Morgan fingerprint density at radius 2 is 1.93 bits per heavy atom. The van der Waals surface area contributed by atoms with Crippen LogP contribution in [0.1, 0.15) is 26.9 Å². The molecule has 140 valence electrons. The Labute approximate surface area is 172 Å². The second-order valence-electron chi connectivity index (χ2n) is 5.36. The van der Waals surface area contributed by atoms with Crippen LogP contribution in [0.15, 0.2) is 41.2 Å². The van der Waals surface area contributed by atoms with E-state index in [-0.39, 0.29) is 24.9 Å². The van der Waals surface area contributed by atoms with Crippen LogP contribution in [0.5, 0.6) is 0 Å². The van der Waals surface area contributed by atoms with Crippen LogP contribution in [0.25, 0.3) is 0 Å². The zero-order valence-corrected chi connectivity index (χ0v) is 16.8. The van der Waals surface area contributed by atoms with Gasteiger partial charge in [0.1, 0.15) is 6.54 Å². The highest BCUT2D eigenvalue weighted by atomic mass is 127. The summed E-state index contributed by atoms with van der Waals surface area (Å²) >= 11 is 8.10. The maximum Gasteiger partial charge on any atom is 0.316 e. The van der Waals surface area contributed by atoms with Crippen LogP contribution in [-0.2, 0) is 6.54 Å². The van der Waals surface area contributed by atoms with Crippen LogP contribution >= 0.6 is 34.2 Å². The van der Waals surface area contributed by atoms with Gasteiger partial charge in [-0.05, 0) is 34.7 Å². The Kier molecular flexibility index (Phi) is 6.40. The van der Waals surface area contributed by atoms with Crippen molar-refractivity contribution in [3.63, 3.8) is 0 Å². The van der Waals surface area contributed by atoms with Crippen LogP contribution in [0.2, 0.25) is 5.02 Å². The third-order valence-electron chi connectivity index (χ3n) is 3.38. The average Bonchev–Trinajstić information content (AvgIpc) is 3.28. The van der Waals surface area contributed by atoms with Gasteiger partial charge in [-0.2, -0.15) is 10.1 Å². The molecule has 0 radical (unpaired) electrons. The van der Waals surface area contributed by atoms with Gasteiger partial charge in [-0.15, -0.1) is 0 Å². The van der Waals surface area contributed by atoms with Crippen molar-refractivity contribution >= 4 is 46.0 Å². The number of nitrogens with zero attached hydrogens (tertiary/aromatic N) is 4. The molecule has 2 aromatic heterocycles. The van der Waals surface area contributed by atoms with Crippen molar-refractivity contribution in [2.24, 2.45) is 0 Å². The van der Waals surface area contributed by atoms with Gasteiger partial charge in [-0.25, -0.2) is 0 Å². The Morgan fingerprint density at radius 1 is 1.19 bits per heavy atom.